The molecule has 55 heteroatoms. The SMILES string of the molecule is CC(C)C[C@H](NC(=O)[C@@H](NC(=O)[C@H](Cc1ccc(O)cc1)NC(=O)[C@H](CCCNC(=N)N)NC(=O)[C@H](CO)NC(=O)[C@H](CCC(=O)O)NC(=O)[C@H](C)N)C(C)C)C(=O)N[C@H](C(=O)NCC(=O)N[C@@H](CCCNC(=N)N)C(=O)N[C@@H](Cc1ccc(O)cc1)C(=O)N[C@@H](CC(=O)O)C(=O)N[C@@H](CO)C(=O)N[C@@H](C)C(=O)N1CCC[C@H]1C(=O)N[C@@H](C)C(=O)N[C@H](C(=O)N[C@@H](CC(=O)O)C(=O)O)[C@@H](C)O)[C@@H](C)O. The Labute approximate surface area is 796 Å². The maximum Gasteiger partial charge on any atom is 0.326 e. The molecule has 0 unspecified atom stereocenters. The summed E-state index contributed by atoms with van der Waals surface area (Å²) in [5.41, 5.74) is 17.1. The first-order valence-corrected chi connectivity index (χ1v) is 44.1. The summed E-state index contributed by atoms with van der Waals surface area (Å²) in [4.78, 5) is 285. The molecular formula is C84H130N24O31. The number of carbonyl (C=O) groups is 21. The van der Waals surface area contributed by atoms with Crippen LogP contribution in [0.3, 0.4) is 0 Å². The monoisotopic (exact) mass is 1970 g/mol. The molecule has 19 atom stereocenters. The maximum absolute atomic E-state index is 14.7. The molecule has 0 spiro atoms. The lowest BCUT2D eigenvalue weighted by molar-refractivity contribution is -0.148. The predicted molar refractivity (Wildman–Crippen MR) is 484 cm³/mol. The van der Waals surface area contributed by atoms with Crippen molar-refractivity contribution in [1.29, 1.82) is 10.8 Å². The summed E-state index contributed by atoms with van der Waals surface area (Å²) in [6.07, 6.45) is -8.59. The van der Waals surface area contributed by atoms with E-state index in [1.54, 1.807) is 13.8 Å². The molecule has 0 radical (unpaired) electrons. The number of aliphatic hydroxyl groups is 4. The van der Waals surface area contributed by atoms with Gasteiger partial charge < -0.3 is 169 Å². The highest BCUT2D eigenvalue weighted by Gasteiger charge is 2.43. The summed E-state index contributed by atoms with van der Waals surface area (Å²) in [6, 6.07) is -18.7. The van der Waals surface area contributed by atoms with Crippen LogP contribution < -0.4 is 113 Å². The zero-order chi connectivity index (χ0) is 105. The average Bonchev–Trinajstić information content (AvgIpc) is 1.73. The third-order valence-electron chi connectivity index (χ3n) is 21.1. The van der Waals surface area contributed by atoms with Crippen LogP contribution in [0, 0.1) is 22.7 Å². The molecule has 3 rings (SSSR count). The number of nitrogens with one attached hydrogen (secondary N) is 20. The van der Waals surface area contributed by atoms with Gasteiger partial charge in [-0.15, -0.1) is 0 Å². The molecule has 139 heavy (non-hydrogen) atoms. The fourth-order valence-corrected chi connectivity index (χ4v) is 13.6. The molecule has 1 aliphatic heterocycles. The van der Waals surface area contributed by atoms with E-state index >= 15 is 0 Å². The van der Waals surface area contributed by atoms with Gasteiger partial charge in [0.05, 0.1) is 50.8 Å². The van der Waals surface area contributed by atoms with Crippen molar-refractivity contribution in [3.05, 3.63) is 59.7 Å². The van der Waals surface area contributed by atoms with Crippen molar-refractivity contribution >= 4 is 136 Å². The minimum atomic E-state index is -2.16. The number of carbonyl (C=O) groups excluding carboxylic acids is 17. The Morgan fingerprint density at radius 1 is 0.403 bits per heavy atom. The van der Waals surface area contributed by atoms with Crippen molar-refractivity contribution in [2.45, 2.75) is 261 Å². The van der Waals surface area contributed by atoms with Gasteiger partial charge in [-0.1, -0.05) is 52.0 Å². The lowest BCUT2D eigenvalue weighted by atomic mass is 9.98. The van der Waals surface area contributed by atoms with E-state index in [0.29, 0.717) is 5.56 Å². The molecule has 1 aliphatic rings. The van der Waals surface area contributed by atoms with Crippen molar-refractivity contribution in [2.24, 2.45) is 29.0 Å². The number of likely N-dealkylation sites (tertiary alicyclic amines) is 1. The Bertz CT molecular complexity index is 4660. The molecule has 17 amide bonds. The number of aliphatic hydroxyl groups excluding tert-OH is 4. The first-order chi connectivity index (χ1) is 65.1. The zero-order valence-electron chi connectivity index (χ0n) is 77.9. The Morgan fingerprint density at radius 3 is 1.22 bits per heavy atom. The number of hydrogen-bond acceptors (Lipinski definition) is 30. The Kier molecular flexibility index (Phi) is 49.9. The summed E-state index contributed by atoms with van der Waals surface area (Å²) in [5.74, 6) is -28.5. The quantitative estimate of drug-likeness (QED) is 0.0166. The van der Waals surface area contributed by atoms with Gasteiger partial charge in [0.25, 0.3) is 0 Å². The largest absolute Gasteiger partial charge is 0.508 e. The number of aromatic hydroxyl groups is 2. The molecule has 0 saturated carbocycles. The molecule has 0 aromatic heterocycles. The number of phenolic OH excluding ortho intramolecular Hbond substituents is 2. The molecular weight excluding hydrogens is 1840 g/mol. The van der Waals surface area contributed by atoms with Crippen LogP contribution in [0.1, 0.15) is 144 Å². The average molecular weight is 1970 g/mol. The van der Waals surface area contributed by atoms with E-state index in [4.69, 9.17) is 33.1 Å². The lowest BCUT2D eigenvalue weighted by Crippen LogP contribution is -2.62. The smallest absolute Gasteiger partial charge is 0.326 e. The van der Waals surface area contributed by atoms with Crippen LogP contribution in [0.4, 0.5) is 0 Å². The van der Waals surface area contributed by atoms with Gasteiger partial charge in [0.15, 0.2) is 11.9 Å². The number of rotatable bonds is 60. The van der Waals surface area contributed by atoms with Gasteiger partial charge in [-0.2, -0.15) is 0 Å². The Hall–Kier alpha value is -14.7. The molecule has 1 saturated heterocycles. The molecule has 772 valence electrons. The number of phenols is 2. The Morgan fingerprint density at radius 2 is 0.777 bits per heavy atom. The van der Waals surface area contributed by atoms with E-state index in [0.717, 1.165) is 32.6 Å². The summed E-state index contributed by atoms with van der Waals surface area (Å²) in [7, 11) is 0. The number of carboxylic acids is 4. The van der Waals surface area contributed by atoms with Gasteiger partial charge in [0.1, 0.15) is 108 Å². The third-order valence-corrected chi connectivity index (χ3v) is 21.1. The second-order valence-electron chi connectivity index (χ2n) is 33.7. The normalized spacial score (nSPS) is 16.1. The number of hydrogen-bond donors (Lipinski definition) is 33. The van der Waals surface area contributed by atoms with Crippen LogP contribution >= 0.6 is 0 Å². The summed E-state index contributed by atoms with van der Waals surface area (Å²) >= 11 is 0. The fourth-order valence-electron chi connectivity index (χ4n) is 13.6. The first kappa shape index (κ1) is 118. The highest BCUT2D eigenvalue weighted by Crippen LogP contribution is 2.21. The number of guanidine groups is 2. The van der Waals surface area contributed by atoms with E-state index in [2.05, 4.69) is 90.4 Å². The fraction of sp³-hybridized carbons (Fsp3) is 0.583. The van der Waals surface area contributed by atoms with E-state index in [1.807, 2.05) is 5.32 Å². The predicted octanol–water partition coefficient (Wildman–Crippen LogP) is -11.5. The van der Waals surface area contributed by atoms with Crippen LogP contribution in [-0.2, 0) is 114 Å². The van der Waals surface area contributed by atoms with Crippen molar-refractivity contribution in [2.75, 3.05) is 39.4 Å². The third kappa shape index (κ3) is 42.2. The second-order valence-corrected chi connectivity index (χ2v) is 33.7. The molecule has 0 aliphatic carbocycles. The molecule has 1 heterocycles. The number of amides is 17. The van der Waals surface area contributed by atoms with E-state index in [1.165, 1.54) is 69.3 Å². The van der Waals surface area contributed by atoms with Gasteiger partial charge >= 0.3 is 23.9 Å². The van der Waals surface area contributed by atoms with Crippen LogP contribution in [0.2, 0.25) is 0 Å². The number of aliphatic carboxylic acids is 4. The maximum atomic E-state index is 14.7. The van der Waals surface area contributed by atoms with Crippen LogP contribution in [0.25, 0.3) is 0 Å². The van der Waals surface area contributed by atoms with E-state index < -0.39 is 315 Å². The molecule has 55 nitrogen and oxygen atoms in total. The van der Waals surface area contributed by atoms with E-state index in [9.17, 15) is 147 Å². The number of nitrogens with zero attached hydrogens (tertiary/aromatic N) is 1. The number of benzene rings is 2. The highest BCUT2D eigenvalue weighted by molar-refractivity contribution is 6.02. The van der Waals surface area contributed by atoms with Gasteiger partial charge in [0.2, 0.25) is 100 Å². The second kappa shape index (κ2) is 58.6. The van der Waals surface area contributed by atoms with Gasteiger partial charge in [-0.05, 0) is 133 Å². The zero-order valence-corrected chi connectivity index (χ0v) is 77.9. The summed E-state index contributed by atoms with van der Waals surface area (Å²) in [6.45, 7) is 8.29. The minimum absolute atomic E-state index is 0.00513. The summed E-state index contributed by atoms with van der Waals surface area (Å²) in [5, 5.41) is 157. The van der Waals surface area contributed by atoms with Gasteiger partial charge in [-0.3, -0.25) is 107 Å². The van der Waals surface area contributed by atoms with Crippen molar-refractivity contribution < 1.29 is 152 Å². The van der Waals surface area contributed by atoms with Gasteiger partial charge in [0, 0.05) is 38.9 Å². The van der Waals surface area contributed by atoms with Crippen molar-refractivity contribution in [3.63, 3.8) is 0 Å². The number of nitrogens with two attached hydrogens (primary N) is 3. The highest BCUT2D eigenvalue weighted by atomic mass is 16.4. The molecule has 1 fully saturated rings. The topological polar surface area (TPSA) is 906 Å². The van der Waals surface area contributed by atoms with Crippen LogP contribution in [0.15, 0.2) is 48.5 Å². The van der Waals surface area contributed by atoms with Gasteiger partial charge in [-0.25, -0.2) is 4.79 Å². The summed E-state index contributed by atoms with van der Waals surface area (Å²) < 4.78 is 0. The van der Waals surface area contributed by atoms with Crippen LogP contribution in [-0.4, -0.2) is 346 Å². The van der Waals surface area contributed by atoms with E-state index in [-0.39, 0.29) is 88.1 Å². The molecule has 2 aromatic rings. The van der Waals surface area contributed by atoms with Crippen molar-refractivity contribution in [3.8, 4) is 11.5 Å². The first-order valence-electron chi connectivity index (χ1n) is 44.1. The standard InChI is InChI=1S/C84H130N24O31/c1-37(2)29-51(101-79(135)63(38(3)4)105-74(130)53(31-45-18-22-47(114)23-19-45)99-69(125)49(14-11-27-91-84(88)89)97-76(132)57(36-110)103-70(126)50(24-25-60(116)117)96-66(122)39(5)85)73(129)107-64(42(8)111)78(134)92-34-59(115)95-48(13-10-26-90-83(86)87)68(124)98-52(30-44-16-20-46(113)21-17-44)71(127)100-54(32-61(118)119)72(128)104-56(35-109)75(131)94-41(7)81(137)108-28-12-15-58(108)77(133)93-40(6)67(123)106-65(43(9)112)80(136)102-55(82(138)139)33-62(120)121/h16-23,37-43,48-58,63-65,109-114H,10-15,24-36,85H2,1-9H3,(H,92,134)(H,93,133)(H,94,131)(H,95,115)(H,96,122)(H,97,132)(H,98,124)(H,99,125)(H,100,127)(H,101,135)(H,102,136)(H,103,126)(H,104,128)(H,105,130)(H,106,123)(H,107,129)(H,116,117)(H,118,119)(H,120,121)(H,138,139)(H4,86,87,90)(H4,88,89,91)/t39-,40-,41-,42+,43+,48-,49-,50-,51-,52-,53-,54-,55-,56-,57-,58-,63-,64-,65-/m0/s1. The van der Waals surface area contributed by atoms with Crippen LogP contribution in [0.5, 0.6) is 11.5 Å². The Balaban J connectivity index is 1.89. The number of carboxylic acid groups (broad SMARTS) is 4. The van der Waals surface area contributed by atoms with Crippen molar-refractivity contribution in [1.82, 2.24) is 101 Å². The lowest BCUT2D eigenvalue weighted by Gasteiger charge is -2.30. The molecule has 36 N–H and O–H groups in total. The minimum Gasteiger partial charge on any atom is -0.508 e. The molecule has 2 aromatic carbocycles. The molecule has 0 bridgehead atoms.